The minimum absolute atomic E-state index is 0.0562. The van der Waals surface area contributed by atoms with Crippen molar-refractivity contribution >= 4 is 30.0 Å². The third kappa shape index (κ3) is 12.7. The summed E-state index contributed by atoms with van der Waals surface area (Å²) in [6.45, 7) is 5.87. The molecule has 0 saturated carbocycles. The number of carbonyl (C=O) groups is 5. The average Bonchev–Trinajstić information content (AvgIpc) is 2.94. The Kier molecular flexibility index (Phi) is 13.7. The fraction of sp³-hybridized carbons (Fsp3) is 0.414. The van der Waals surface area contributed by atoms with E-state index in [0.29, 0.717) is 0 Å². The number of para-hydroxylation sites is 1. The molecule has 0 heterocycles. The van der Waals surface area contributed by atoms with Gasteiger partial charge in [0, 0.05) is 13.3 Å². The van der Waals surface area contributed by atoms with Crippen molar-refractivity contribution in [3.8, 4) is 17.2 Å². The highest BCUT2D eigenvalue weighted by Crippen LogP contribution is 2.30. The van der Waals surface area contributed by atoms with Crippen molar-refractivity contribution in [2.75, 3.05) is 20.0 Å². The number of hydrogen-bond donors (Lipinski definition) is 2. The van der Waals surface area contributed by atoms with Crippen molar-refractivity contribution < 1.29 is 67.4 Å². The molecular weight excluding hydrogens is 616 g/mol. The number of nitrogens with zero attached hydrogens (tertiary/aromatic N) is 1. The molecule has 0 aliphatic rings. The lowest BCUT2D eigenvalue weighted by molar-refractivity contribution is -0.757. The van der Waals surface area contributed by atoms with Gasteiger partial charge in [-0.1, -0.05) is 12.1 Å². The zero-order chi connectivity index (χ0) is 34.4. The predicted octanol–water partition coefficient (Wildman–Crippen LogP) is 2.74. The van der Waals surface area contributed by atoms with Gasteiger partial charge in [-0.2, -0.15) is 0 Å². The first-order valence-electron chi connectivity index (χ1n) is 13.6. The van der Waals surface area contributed by atoms with Gasteiger partial charge in [0.2, 0.25) is 6.79 Å². The zero-order valence-corrected chi connectivity index (χ0v) is 25.6. The Labute approximate surface area is 262 Å². The van der Waals surface area contributed by atoms with E-state index in [1.807, 2.05) is 0 Å². The van der Waals surface area contributed by atoms with Gasteiger partial charge in [-0.15, -0.1) is 10.1 Å². The Morgan fingerprint density at radius 1 is 0.935 bits per heavy atom. The van der Waals surface area contributed by atoms with E-state index >= 15 is 0 Å². The fourth-order valence-electron chi connectivity index (χ4n) is 3.37. The van der Waals surface area contributed by atoms with Crippen LogP contribution in [-0.2, 0) is 28.6 Å². The van der Waals surface area contributed by atoms with Crippen molar-refractivity contribution in [2.45, 2.75) is 58.8 Å². The van der Waals surface area contributed by atoms with Crippen LogP contribution in [0.2, 0.25) is 0 Å². The van der Waals surface area contributed by atoms with Crippen molar-refractivity contribution in [1.29, 1.82) is 0 Å². The number of alkyl carbamates (subject to hydrolysis) is 1. The van der Waals surface area contributed by atoms with E-state index in [0.717, 1.165) is 13.0 Å². The Hall–Kier alpha value is -5.45. The molecule has 17 nitrogen and oxygen atoms in total. The third-order valence-electron chi connectivity index (χ3n) is 5.28. The minimum Gasteiger partial charge on any atom is -0.490 e. The molecule has 250 valence electrons. The van der Waals surface area contributed by atoms with Gasteiger partial charge in [-0.05, 0) is 58.0 Å². The summed E-state index contributed by atoms with van der Waals surface area (Å²) in [7, 11) is 0. The second-order valence-electron chi connectivity index (χ2n) is 10.3. The van der Waals surface area contributed by atoms with E-state index in [9.17, 15) is 39.2 Å². The van der Waals surface area contributed by atoms with E-state index in [1.54, 1.807) is 20.8 Å². The predicted molar refractivity (Wildman–Crippen MR) is 153 cm³/mol. The average molecular weight is 651 g/mol. The van der Waals surface area contributed by atoms with Crippen LogP contribution in [0, 0.1) is 10.1 Å². The summed E-state index contributed by atoms with van der Waals surface area (Å²) >= 11 is 0. The molecule has 2 aromatic rings. The van der Waals surface area contributed by atoms with Crippen LogP contribution in [0.15, 0.2) is 42.5 Å². The fourth-order valence-corrected chi connectivity index (χ4v) is 3.37. The number of rotatable bonds is 15. The topological polar surface area (TPSA) is 225 Å². The van der Waals surface area contributed by atoms with Gasteiger partial charge in [0.05, 0.1) is 24.9 Å². The van der Waals surface area contributed by atoms with E-state index in [4.69, 9.17) is 28.4 Å². The maximum absolute atomic E-state index is 13.0. The SMILES string of the molecule is CC(=O)Oc1ccccc1C(=O)OCOC(=O)c1ccc(OCCCO[N+](=O)[O-])c(OC(=O)C(NC(=O)OC(C)(C)C)C(C)O)c1. The highest BCUT2D eigenvalue weighted by atomic mass is 16.9. The largest absolute Gasteiger partial charge is 0.490 e. The molecule has 2 rings (SSSR count). The molecule has 1 amide bonds. The van der Waals surface area contributed by atoms with Crippen LogP contribution >= 0.6 is 0 Å². The number of aliphatic hydroxyl groups excluding tert-OH is 1. The molecule has 2 unspecified atom stereocenters. The highest BCUT2D eigenvalue weighted by molar-refractivity contribution is 5.94. The Morgan fingerprint density at radius 3 is 2.24 bits per heavy atom. The molecule has 0 aromatic heterocycles. The molecule has 0 radical (unpaired) electrons. The zero-order valence-electron chi connectivity index (χ0n) is 25.6. The van der Waals surface area contributed by atoms with Gasteiger partial charge in [0.25, 0.3) is 5.09 Å². The van der Waals surface area contributed by atoms with Crippen LogP contribution in [0.5, 0.6) is 17.2 Å². The Bertz CT molecular complexity index is 1420. The van der Waals surface area contributed by atoms with E-state index in [1.165, 1.54) is 43.3 Å². The first kappa shape index (κ1) is 36.7. The molecular formula is C29H34N2O15. The second-order valence-corrected chi connectivity index (χ2v) is 10.3. The molecule has 2 N–H and O–H groups in total. The Balaban J connectivity index is 2.19. The monoisotopic (exact) mass is 650 g/mol. The lowest BCUT2D eigenvalue weighted by Crippen LogP contribution is -2.50. The molecule has 0 spiro atoms. The molecule has 2 aromatic carbocycles. The minimum atomic E-state index is -1.61. The van der Waals surface area contributed by atoms with Gasteiger partial charge in [0.15, 0.2) is 17.5 Å². The third-order valence-corrected chi connectivity index (χ3v) is 5.28. The maximum atomic E-state index is 13.0. The van der Waals surface area contributed by atoms with Crippen molar-refractivity contribution in [3.05, 3.63) is 63.7 Å². The standard InChI is InChI=1S/C29H34N2O15/c1-17(32)24(30-28(37)46-29(3,4)5)27(36)45-23-15-19(11-12-22(23)40-13-8-14-43-31(38)39)25(34)41-16-42-26(35)20-9-6-7-10-21(20)44-18(2)33/h6-7,9-12,15,17,24,32H,8,13-14,16H2,1-5H3,(H,30,37). The van der Waals surface area contributed by atoms with Crippen LogP contribution in [0.25, 0.3) is 0 Å². The summed E-state index contributed by atoms with van der Waals surface area (Å²) in [5.41, 5.74) is -1.20. The summed E-state index contributed by atoms with van der Waals surface area (Å²) in [4.78, 5) is 76.3. The number of aliphatic hydroxyl groups is 1. The number of benzene rings is 2. The normalized spacial score (nSPS) is 12.0. The van der Waals surface area contributed by atoms with E-state index in [2.05, 4.69) is 10.2 Å². The Morgan fingerprint density at radius 2 is 1.61 bits per heavy atom. The van der Waals surface area contributed by atoms with E-state index in [-0.39, 0.29) is 48.0 Å². The summed E-state index contributed by atoms with van der Waals surface area (Å²) in [6.07, 6.45) is -2.40. The number of hydrogen-bond acceptors (Lipinski definition) is 15. The molecule has 0 aliphatic carbocycles. The molecule has 46 heavy (non-hydrogen) atoms. The molecule has 0 saturated heterocycles. The van der Waals surface area contributed by atoms with Gasteiger partial charge in [0.1, 0.15) is 16.9 Å². The lowest BCUT2D eigenvalue weighted by Gasteiger charge is -2.24. The van der Waals surface area contributed by atoms with Gasteiger partial charge in [-0.3, -0.25) is 4.79 Å². The van der Waals surface area contributed by atoms with Crippen LogP contribution in [-0.4, -0.2) is 77.9 Å². The summed E-state index contributed by atoms with van der Waals surface area (Å²) in [5.74, 6) is -4.31. The number of ether oxygens (including phenoxy) is 6. The number of amides is 1. The summed E-state index contributed by atoms with van der Waals surface area (Å²) in [5, 5.41) is 21.7. The highest BCUT2D eigenvalue weighted by Gasteiger charge is 2.31. The lowest BCUT2D eigenvalue weighted by atomic mass is 10.1. The van der Waals surface area contributed by atoms with Crippen molar-refractivity contribution in [2.24, 2.45) is 0 Å². The number of esters is 4. The van der Waals surface area contributed by atoms with Crippen LogP contribution < -0.4 is 19.5 Å². The van der Waals surface area contributed by atoms with Crippen molar-refractivity contribution in [1.82, 2.24) is 5.32 Å². The smallest absolute Gasteiger partial charge is 0.408 e. The van der Waals surface area contributed by atoms with Crippen LogP contribution in [0.4, 0.5) is 4.79 Å². The first-order chi connectivity index (χ1) is 21.6. The number of carbonyl (C=O) groups excluding carboxylic acids is 5. The van der Waals surface area contributed by atoms with E-state index < -0.39 is 59.6 Å². The maximum Gasteiger partial charge on any atom is 0.408 e. The molecule has 0 bridgehead atoms. The summed E-state index contributed by atoms with van der Waals surface area (Å²) < 4.78 is 30.9. The molecule has 17 heteroatoms. The quantitative estimate of drug-likeness (QED) is 0.0705. The number of nitrogens with one attached hydrogen (secondary N) is 1. The van der Waals surface area contributed by atoms with Crippen LogP contribution in [0.3, 0.4) is 0 Å². The van der Waals surface area contributed by atoms with Crippen LogP contribution in [0.1, 0.15) is 61.8 Å². The van der Waals surface area contributed by atoms with Gasteiger partial charge >= 0.3 is 30.0 Å². The second kappa shape index (κ2) is 17.1. The van der Waals surface area contributed by atoms with Crippen molar-refractivity contribution in [3.63, 3.8) is 0 Å². The molecule has 2 atom stereocenters. The molecule has 0 fully saturated rings. The summed E-state index contributed by atoms with van der Waals surface area (Å²) in [6, 6.07) is 7.64. The molecule has 0 aliphatic heterocycles. The first-order valence-corrected chi connectivity index (χ1v) is 13.6. The van der Waals surface area contributed by atoms with Gasteiger partial charge in [-0.25, -0.2) is 19.2 Å². The van der Waals surface area contributed by atoms with Gasteiger partial charge < -0.3 is 43.7 Å².